The van der Waals surface area contributed by atoms with Gasteiger partial charge in [-0.25, -0.2) is 0 Å². The van der Waals surface area contributed by atoms with E-state index in [1.807, 2.05) is 45.1 Å². The fraction of sp³-hybridized carbons (Fsp3) is 0.375. The summed E-state index contributed by atoms with van der Waals surface area (Å²) in [6, 6.07) is 0. The van der Waals surface area contributed by atoms with E-state index >= 15 is 0 Å². The molecule has 0 aromatic carbocycles. The molecule has 18 heavy (non-hydrogen) atoms. The van der Waals surface area contributed by atoms with Crippen LogP contribution in [0, 0.1) is 0 Å². The molecular formula is C16H26O2. The molecule has 0 unspecified atom stereocenters. The van der Waals surface area contributed by atoms with E-state index in [1.54, 1.807) is 12.2 Å². The SMILES string of the molecule is C=C/C(C/C=C\C=C/C)=C(\C=C)OCCO.CC. The molecule has 0 rings (SSSR count). The summed E-state index contributed by atoms with van der Waals surface area (Å²) in [6.07, 6.45) is 12.0. The van der Waals surface area contributed by atoms with Crippen LogP contribution < -0.4 is 0 Å². The smallest absolute Gasteiger partial charge is 0.122 e. The Morgan fingerprint density at radius 2 is 1.83 bits per heavy atom. The molecule has 0 aliphatic carbocycles. The topological polar surface area (TPSA) is 29.5 Å². The lowest BCUT2D eigenvalue weighted by Gasteiger charge is -2.08. The Hall–Kier alpha value is -1.54. The van der Waals surface area contributed by atoms with Crippen molar-refractivity contribution in [2.75, 3.05) is 13.2 Å². The summed E-state index contributed by atoms with van der Waals surface area (Å²) in [7, 11) is 0. The molecular weight excluding hydrogens is 224 g/mol. The average Bonchev–Trinajstić information content (AvgIpc) is 2.43. The van der Waals surface area contributed by atoms with Crippen LogP contribution >= 0.6 is 0 Å². The third-order valence-corrected chi connectivity index (χ3v) is 1.87. The first kappa shape index (κ1) is 18.8. The third kappa shape index (κ3) is 9.67. The van der Waals surface area contributed by atoms with Crippen LogP contribution in [0.25, 0.3) is 0 Å². The van der Waals surface area contributed by atoms with Crippen molar-refractivity contribution >= 4 is 0 Å². The minimum absolute atomic E-state index is 0.00380. The van der Waals surface area contributed by atoms with Gasteiger partial charge in [0.15, 0.2) is 0 Å². The molecule has 0 aliphatic heterocycles. The van der Waals surface area contributed by atoms with Crippen molar-refractivity contribution in [1.82, 2.24) is 0 Å². The average molecular weight is 250 g/mol. The molecule has 0 radical (unpaired) electrons. The predicted molar refractivity (Wildman–Crippen MR) is 80.4 cm³/mol. The van der Waals surface area contributed by atoms with Crippen LogP contribution in [0.15, 0.2) is 60.9 Å². The molecule has 0 bridgehead atoms. The van der Waals surface area contributed by atoms with Gasteiger partial charge in [-0.2, -0.15) is 0 Å². The Morgan fingerprint density at radius 3 is 2.28 bits per heavy atom. The molecule has 0 aromatic rings. The van der Waals surface area contributed by atoms with Crippen LogP contribution in [0.5, 0.6) is 0 Å². The van der Waals surface area contributed by atoms with E-state index in [9.17, 15) is 0 Å². The number of rotatable bonds is 8. The van der Waals surface area contributed by atoms with Crippen LogP contribution in [-0.4, -0.2) is 18.3 Å². The second-order valence-electron chi connectivity index (χ2n) is 3.03. The maximum absolute atomic E-state index is 8.68. The molecule has 102 valence electrons. The fourth-order valence-electron chi connectivity index (χ4n) is 1.11. The van der Waals surface area contributed by atoms with Gasteiger partial charge in [0.05, 0.1) is 6.61 Å². The number of allylic oxidation sites excluding steroid dienone is 7. The molecule has 0 spiro atoms. The van der Waals surface area contributed by atoms with Crippen LogP contribution in [0.2, 0.25) is 0 Å². The zero-order valence-corrected chi connectivity index (χ0v) is 11.9. The minimum atomic E-state index is -0.00380. The molecule has 0 heterocycles. The first-order chi connectivity index (χ1) is 8.79. The van der Waals surface area contributed by atoms with Gasteiger partial charge in [0.2, 0.25) is 0 Å². The molecule has 0 fully saturated rings. The lowest BCUT2D eigenvalue weighted by Crippen LogP contribution is -1.99. The predicted octanol–water partition coefficient (Wildman–Crippen LogP) is 4.17. The van der Waals surface area contributed by atoms with Crippen molar-refractivity contribution < 1.29 is 9.84 Å². The van der Waals surface area contributed by atoms with Crippen molar-refractivity contribution in [2.24, 2.45) is 0 Å². The number of ether oxygens (including phenoxy) is 1. The molecule has 0 saturated heterocycles. The molecule has 0 atom stereocenters. The monoisotopic (exact) mass is 250 g/mol. The maximum atomic E-state index is 8.68. The Morgan fingerprint density at radius 1 is 1.17 bits per heavy atom. The number of aliphatic hydroxyl groups excluding tert-OH is 1. The van der Waals surface area contributed by atoms with Gasteiger partial charge in [0.1, 0.15) is 12.4 Å². The molecule has 0 aliphatic rings. The largest absolute Gasteiger partial charge is 0.491 e. The van der Waals surface area contributed by atoms with Gasteiger partial charge in [0.25, 0.3) is 0 Å². The second kappa shape index (κ2) is 15.5. The van der Waals surface area contributed by atoms with Gasteiger partial charge >= 0.3 is 0 Å². The van der Waals surface area contributed by atoms with Crippen molar-refractivity contribution in [3.05, 3.63) is 60.9 Å². The van der Waals surface area contributed by atoms with Gasteiger partial charge in [-0.3, -0.25) is 0 Å². The first-order valence-corrected chi connectivity index (χ1v) is 6.29. The standard InChI is InChI=1S/C14H20O2.C2H6/c1-4-7-8-9-10-13(5-2)14(6-3)16-12-11-15;1-2/h4-9,15H,2-3,10-12H2,1H3;1-2H3/b7-4-,9-8-,14-13-;. The number of hydrogen-bond acceptors (Lipinski definition) is 2. The highest BCUT2D eigenvalue weighted by Gasteiger charge is 1.99. The first-order valence-electron chi connectivity index (χ1n) is 6.29. The van der Waals surface area contributed by atoms with Crippen molar-refractivity contribution in [2.45, 2.75) is 27.2 Å². The van der Waals surface area contributed by atoms with Crippen LogP contribution in [0.1, 0.15) is 27.2 Å². The van der Waals surface area contributed by atoms with Gasteiger partial charge in [-0.1, -0.05) is 57.4 Å². The quantitative estimate of drug-likeness (QED) is 0.517. The van der Waals surface area contributed by atoms with Crippen LogP contribution in [0.3, 0.4) is 0 Å². The second-order valence-corrected chi connectivity index (χ2v) is 3.03. The highest BCUT2D eigenvalue weighted by molar-refractivity contribution is 5.29. The summed E-state index contributed by atoms with van der Waals surface area (Å²) < 4.78 is 5.34. The Balaban J connectivity index is 0. The normalized spacial score (nSPS) is 11.8. The highest BCUT2D eigenvalue weighted by atomic mass is 16.5. The summed E-state index contributed by atoms with van der Waals surface area (Å²) >= 11 is 0. The van der Waals surface area contributed by atoms with E-state index in [0.717, 1.165) is 12.0 Å². The number of aliphatic hydroxyl groups is 1. The van der Waals surface area contributed by atoms with E-state index < -0.39 is 0 Å². The Bertz CT molecular complexity index is 296. The molecule has 2 nitrogen and oxygen atoms in total. The van der Waals surface area contributed by atoms with E-state index in [0.29, 0.717) is 5.76 Å². The lowest BCUT2D eigenvalue weighted by molar-refractivity contribution is 0.150. The van der Waals surface area contributed by atoms with Crippen molar-refractivity contribution in [3.8, 4) is 0 Å². The van der Waals surface area contributed by atoms with E-state index in [-0.39, 0.29) is 13.2 Å². The summed E-state index contributed by atoms with van der Waals surface area (Å²) in [6.45, 7) is 13.7. The van der Waals surface area contributed by atoms with E-state index in [2.05, 4.69) is 13.2 Å². The zero-order chi connectivity index (χ0) is 14.2. The van der Waals surface area contributed by atoms with Gasteiger partial charge < -0.3 is 9.84 Å². The maximum Gasteiger partial charge on any atom is 0.122 e. The van der Waals surface area contributed by atoms with Crippen LogP contribution in [0.4, 0.5) is 0 Å². The molecule has 0 saturated carbocycles. The molecule has 0 amide bonds. The van der Waals surface area contributed by atoms with Gasteiger partial charge in [0, 0.05) is 0 Å². The van der Waals surface area contributed by atoms with Gasteiger partial charge in [-0.15, -0.1) is 0 Å². The summed E-state index contributed by atoms with van der Waals surface area (Å²) in [5.41, 5.74) is 0.962. The van der Waals surface area contributed by atoms with Crippen LogP contribution in [-0.2, 0) is 4.74 Å². The minimum Gasteiger partial charge on any atom is -0.491 e. The molecule has 2 heteroatoms. The summed E-state index contributed by atoms with van der Waals surface area (Å²) in [5.74, 6) is 0.675. The summed E-state index contributed by atoms with van der Waals surface area (Å²) in [4.78, 5) is 0. The van der Waals surface area contributed by atoms with Crippen molar-refractivity contribution in [1.29, 1.82) is 0 Å². The van der Waals surface area contributed by atoms with Gasteiger partial charge in [-0.05, 0) is 25.0 Å². The van der Waals surface area contributed by atoms with E-state index in [1.165, 1.54) is 0 Å². The van der Waals surface area contributed by atoms with Crippen molar-refractivity contribution in [3.63, 3.8) is 0 Å². The Labute approximate surface area is 112 Å². The third-order valence-electron chi connectivity index (χ3n) is 1.87. The lowest BCUT2D eigenvalue weighted by atomic mass is 10.1. The Kier molecular flexibility index (Phi) is 16.2. The zero-order valence-electron chi connectivity index (χ0n) is 11.9. The fourth-order valence-corrected chi connectivity index (χ4v) is 1.11. The highest BCUT2D eigenvalue weighted by Crippen LogP contribution is 2.13. The van der Waals surface area contributed by atoms with E-state index in [4.69, 9.17) is 9.84 Å². The summed E-state index contributed by atoms with van der Waals surface area (Å²) in [5, 5.41) is 8.68. The molecule has 0 aromatic heterocycles. The number of hydrogen-bond donors (Lipinski definition) is 1. The molecule has 1 N–H and O–H groups in total.